The first-order valence-corrected chi connectivity index (χ1v) is 5.89. The van der Waals surface area contributed by atoms with Crippen LogP contribution in [0.25, 0.3) is 0 Å². The van der Waals surface area contributed by atoms with Crippen LogP contribution in [-0.4, -0.2) is 47.7 Å². The fourth-order valence-corrected chi connectivity index (χ4v) is 2.23. The molecule has 1 aliphatic heterocycles. The quantitative estimate of drug-likeness (QED) is 0.671. The van der Waals surface area contributed by atoms with Crippen molar-refractivity contribution in [3.05, 3.63) is 0 Å². The number of nitrogens with one attached hydrogen (secondary N) is 1. The Morgan fingerprint density at radius 1 is 1.60 bits per heavy atom. The summed E-state index contributed by atoms with van der Waals surface area (Å²) in [7, 11) is 0. The van der Waals surface area contributed by atoms with Crippen LogP contribution in [0.15, 0.2) is 0 Å². The molecule has 0 radical (unpaired) electrons. The van der Waals surface area contributed by atoms with E-state index in [-0.39, 0.29) is 24.6 Å². The number of likely N-dealkylation sites (tertiary alicyclic amines) is 1. The molecule has 0 saturated carbocycles. The molecule has 4 heteroatoms. The first-order chi connectivity index (χ1) is 7.24. The fourth-order valence-electron chi connectivity index (χ4n) is 2.23. The van der Waals surface area contributed by atoms with Gasteiger partial charge in [0.1, 0.15) is 0 Å². The molecule has 1 saturated heterocycles. The molecule has 2 atom stereocenters. The van der Waals surface area contributed by atoms with E-state index in [2.05, 4.69) is 12.2 Å². The van der Waals surface area contributed by atoms with Gasteiger partial charge in [0, 0.05) is 19.2 Å². The highest BCUT2D eigenvalue weighted by Crippen LogP contribution is 2.18. The van der Waals surface area contributed by atoms with Gasteiger partial charge in [-0.05, 0) is 25.8 Å². The van der Waals surface area contributed by atoms with Crippen molar-refractivity contribution >= 4 is 5.91 Å². The fraction of sp³-hybridized carbons (Fsp3) is 0.909. The lowest BCUT2D eigenvalue weighted by molar-refractivity contribution is -0.131. The third kappa shape index (κ3) is 2.92. The van der Waals surface area contributed by atoms with Crippen molar-refractivity contribution in [3.8, 4) is 0 Å². The summed E-state index contributed by atoms with van der Waals surface area (Å²) in [6, 6.07) is 0.217. The lowest BCUT2D eigenvalue weighted by Crippen LogP contribution is -2.42. The average molecular weight is 214 g/mol. The molecule has 0 aromatic rings. The van der Waals surface area contributed by atoms with E-state index < -0.39 is 0 Å². The summed E-state index contributed by atoms with van der Waals surface area (Å²) in [5, 5.41) is 12.1. The zero-order valence-corrected chi connectivity index (χ0v) is 9.70. The number of hydrogen-bond donors (Lipinski definition) is 2. The molecule has 0 aromatic heterocycles. The van der Waals surface area contributed by atoms with Crippen molar-refractivity contribution < 1.29 is 9.90 Å². The van der Waals surface area contributed by atoms with Crippen LogP contribution in [0.3, 0.4) is 0 Å². The zero-order valence-electron chi connectivity index (χ0n) is 9.70. The Kier molecular flexibility index (Phi) is 5.05. The second-order valence-corrected chi connectivity index (χ2v) is 4.00. The van der Waals surface area contributed by atoms with Gasteiger partial charge < -0.3 is 15.3 Å². The minimum atomic E-state index is 0.00254. The maximum absolute atomic E-state index is 12.0. The standard InChI is InChI=1S/C11H22N2O2/c1-3-9(6-8-14)13-7-5-10(11(13)15)12-4-2/h9-10,12,14H,3-8H2,1-2H3. The van der Waals surface area contributed by atoms with Gasteiger partial charge in [0.25, 0.3) is 0 Å². The van der Waals surface area contributed by atoms with Crippen molar-refractivity contribution in [3.63, 3.8) is 0 Å². The smallest absolute Gasteiger partial charge is 0.240 e. The number of likely N-dealkylation sites (N-methyl/N-ethyl adjacent to an activating group) is 1. The molecule has 88 valence electrons. The summed E-state index contributed by atoms with van der Waals surface area (Å²) >= 11 is 0. The number of rotatable bonds is 6. The maximum atomic E-state index is 12.0. The molecule has 2 unspecified atom stereocenters. The molecule has 0 aliphatic carbocycles. The van der Waals surface area contributed by atoms with Crippen molar-refractivity contribution in [2.24, 2.45) is 0 Å². The highest BCUT2D eigenvalue weighted by atomic mass is 16.3. The number of nitrogens with zero attached hydrogens (tertiary/aromatic N) is 1. The predicted octanol–water partition coefficient (Wildman–Crippen LogP) is 0.358. The average Bonchev–Trinajstić information content (AvgIpc) is 2.58. The summed E-state index contributed by atoms with van der Waals surface area (Å²) in [5.41, 5.74) is 0. The van der Waals surface area contributed by atoms with Crippen molar-refractivity contribution in [2.45, 2.75) is 45.2 Å². The molecule has 0 bridgehead atoms. The van der Waals surface area contributed by atoms with E-state index in [9.17, 15) is 4.79 Å². The summed E-state index contributed by atoms with van der Waals surface area (Å²) in [6.45, 7) is 5.90. The minimum Gasteiger partial charge on any atom is -0.396 e. The number of carbonyl (C=O) groups is 1. The Bertz CT molecular complexity index is 209. The van der Waals surface area contributed by atoms with E-state index in [0.29, 0.717) is 6.42 Å². The highest BCUT2D eigenvalue weighted by Gasteiger charge is 2.34. The molecule has 15 heavy (non-hydrogen) atoms. The maximum Gasteiger partial charge on any atom is 0.240 e. The van der Waals surface area contributed by atoms with Crippen LogP contribution in [0.4, 0.5) is 0 Å². The Labute approximate surface area is 91.6 Å². The van der Waals surface area contributed by atoms with E-state index >= 15 is 0 Å². The normalized spacial score (nSPS) is 23.5. The monoisotopic (exact) mass is 214 g/mol. The predicted molar refractivity (Wildman–Crippen MR) is 59.6 cm³/mol. The first kappa shape index (κ1) is 12.5. The van der Waals surface area contributed by atoms with E-state index in [4.69, 9.17) is 5.11 Å². The lowest BCUT2D eigenvalue weighted by Gasteiger charge is -2.26. The Balaban J connectivity index is 2.53. The van der Waals surface area contributed by atoms with E-state index in [1.807, 2.05) is 11.8 Å². The summed E-state index contributed by atoms with van der Waals surface area (Å²) in [6.07, 6.45) is 2.51. The van der Waals surface area contributed by atoms with Crippen molar-refractivity contribution in [1.29, 1.82) is 0 Å². The van der Waals surface area contributed by atoms with E-state index in [1.54, 1.807) is 0 Å². The SMILES string of the molecule is CCNC1CCN(C(CC)CCO)C1=O. The summed E-state index contributed by atoms with van der Waals surface area (Å²) in [4.78, 5) is 13.9. The number of hydrogen-bond acceptors (Lipinski definition) is 3. The van der Waals surface area contributed by atoms with Crippen LogP contribution in [0.1, 0.15) is 33.1 Å². The number of aliphatic hydroxyl groups excluding tert-OH is 1. The number of aliphatic hydroxyl groups is 1. The first-order valence-electron chi connectivity index (χ1n) is 5.89. The minimum absolute atomic E-state index is 0.00254. The summed E-state index contributed by atoms with van der Waals surface area (Å²) < 4.78 is 0. The molecule has 1 rings (SSSR count). The van der Waals surface area contributed by atoms with Crippen LogP contribution < -0.4 is 5.32 Å². The van der Waals surface area contributed by atoms with Gasteiger partial charge in [0.15, 0.2) is 0 Å². The third-order valence-corrected chi connectivity index (χ3v) is 3.06. The van der Waals surface area contributed by atoms with Gasteiger partial charge in [0.05, 0.1) is 6.04 Å². The topological polar surface area (TPSA) is 52.6 Å². The molecule has 1 fully saturated rings. The molecule has 1 aliphatic rings. The lowest BCUT2D eigenvalue weighted by atomic mass is 10.1. The second-order valence-electron chi connectivity index (χ2n) is 4.00. The van der Waals surface area contributed by atoms with Gasteiger partial charge >= 0.3 is 0 Å². The second kappa shape index (κ2) is 6.08. The van der Waals surface area contributed by atoms with Gasteiger partial charge in [-0.25, -0.2) is 0 Å². The van der Waals surface area contributed by atoms with Gasteiger partial charge in [-0.2, -0.15) is 0 Å². The highest BCUT2D eigenvalue weighted by molar-refractivity contribution is 5.84. The largest absolute Gasteiger partial charge is 0.396 e. The van der Waals surface area contributed by atoms with Gasteiger partial charge in [-0.15, -0.1) is 0 Å². The molecule has 0 aromatic carbocycles. The molecular formula is C11H22N2O2. The van der Waals surface area contributed by atoms with E-state index in [0.717, 1.165) is 25.9 Å². The molecule has 1 heterocycles. The molecule has 1 amide bonds. The molecule has 0 spiro atoms. The Morgan fingerprint density at radius 2 is 2.33 bits per heavy atom. The van der Waals surface area contributed by atoms with Crippen LogP contribution in [0.5, 0.6) is 0 Å². The van der Waals surface area contributed by atoms with Crippen LogP contribution in [0.2, 0.25) is 0 Å². The zero-order chi connectivity index (χ0) is 11.3. The van der Waals surface area contributed by atoms with Crippen LogP contribution in [-0.2, 0) is 4.79 Å². The van der Waals surface area contributed by atoms with Crippen LogP contribution >= 0.6 is 0 Å². The Morgan fingerprint density at radius 3 is 2.87 bits per heavy atom. The van der Waals surface area contributed by atoms with Crippen LogP contribution in [0, 0.1) is 0 Å². The van der Waals surface area contributed by atoms with Gasteiger partial charge in [0.2, 0.25) is 5.91 Å². The number of amides is 1. The van der Waals surface area contributed by atoms with Gasteiger partial charge in [-0.3, -0.25) is 4.79 Å². The third-order valence-electron chi connectivity index (χ3n) is 3.06. The van der Waals surface area contributed by atoms with Gasteiger partial charge in [-0.1, -0.05) is 13.8 Å². The molecule has 2 N–H and O–H groups in total. The number of carbonyl (C=O) groups excluding carboxylic acids is 1. The molecular weight excluding hydrogens is 192 g/mol. The summed E-state index contributed by atoms with van der Waals surface area (Å²) in [5.74, 6) is 0.206. The van der Waals surface area contributed by atoms with Crippen molar-refractivity contribution in [1.82, 2.24) is 10.2 Å². The molecule has 4 nitrogen and oxygen atoms in total. The van der Waals surface area contributed by atoms with Crippen molar-refractivity contribution in [2.75, 3.05) is 19.7 Å². The van der Waals surface area contributed by atoms with E-state index in [1.165, 1.54) is 0 Å². The Hall–Kier alpha value is -0.610.